The molecule has 136 valence electrons. The maximum absolute atomic E-state index is 11.6. The van der Waals surface area contributed by atoms with Gasteiger partial charge in [0.2, 0.25) is 0 Å². The van der Waals surface area contributed by atoms with Crippen molar-refractivity contribution in [2.45, 2.75) is 64.2 Å². The number of rotatable bonds is 13. The minimum Gasteiger partial charge on any atom is -0.480 e. The summed E-state index contributed by atoms with van der Waals surface area (Å²) in [7, 11) is 0. The van der Waals surface area contributed by atoms with E-state index in [1.165, 1.54) is 0 Å². The van der Waals surface area contributed by atoms with E-state index in [2.05, 4.69) is 4.98 Å². The Labute approximate surface area is 148 Å². The number of nitrogens with zero attached hydrogens (tertiary/aromatic N) is 2. The third-order valence-corrected chi connectivity index (χ3v) is 4.50. The number of carboxylic acids is 2. The van der Waals surface area contributed by atoms with E-state index in [1.807, 2.05) is 18.2 Å². The van der Waals surface area contributed by atoms with Crippen molar-refractivity contribution in [3.8, 4) is 6.07 Å². The molecule has 6 heteroatoms. The molecular weight excluding hydrogens is 320 g/mol. The summed E-state index contributed by atoms with van der Waals surface area (Å²) in [6.07, 6.45) is 9.15. The third-order valence-electron chi connectivity index (χ3n) is 4.50. The molecule has 1 rings (SSSR count). The normalized spacial score (nSPS) is 11.0. The van der Waals surface area contributed by atoms with Crippen LogP contribution in [0.25, 0.3) is 0 Å². The molecule has 1 aromatic heterocycles. The molecule has 0 unspecified atom stereocenters. The average Bonchev–Trinajstić information content (AvgIpc) is 2.60. The molecule has 0 aliphatic heterocycles. The molecule has 25 heavy (non-hydrogen) atoms. The van der Waals surface area contributed by atoms with Gasteiger partial charge < -0.3 is 10.2 Å². The molecule has 1 heterocycles. The van der Waals surface area contributed by atoms with Crippen molar-refractivity contribution in [1.82, 2.24) is 4.98 Å². The van der Waals surface area contributed by atoms with E-state index < -0.39 is 17.4 Å². The molecule has 0 amide bonds. The van der Waals surface area contributed by atoms with Gasteiger partial charge in [-0.3, -0.25) is 14.6 Å². The van der Waals surface area contributed by atoms with Gasteiger partial charge in [-0.2, -0.15) is 5.26 Å². The van der Waals surface area contributed by atoms with Crippen molar-refractivity contribution in [3.05, 3.63) is 30.1 Å². The lowest BCUT2D eigenvalue weighted by atomic mass is 9.78. The van der Waals surface area contributed by atoms with Gasteiger partial charge in [0.1, 0.15) is 0 Å². The van der Waals surface area contributed by atoms with Gasteiger partial charge in [-0.25, -0.2) is 0 Å². The minimum absolute atomic E-state index is 0.117. The summed E-state index contributed by atoms with van der Waals surface area (Å²) in [6.45, 7) is 0. The van der Waals surface area contributed by atoms with Crippen molar-refractivity contribution in [2.75, 3.05) is 0 Å². The average molecular weight is 346 g/mol. The number of hydrogen-bond donors (Lipinski definition) is 2. The Hall–Kier alpha value is -2.42. The van der Waals surface area contributed by atoms with E-state index in [9.17, 15) is 19.8 Å². The molecule has 1 aromatic rings. The summed E-state index contributed by atoms with van der Waals surface area (Å²) >= 11 is 0. The van der Waals surface area contributed by atoms with Crippen LogP contribution in [-0.4, -0.2) is 27.1 Å². The van der Waals surface area contributed by atoms with Crippen LogP contribution in [0.3, 0.4) is 0 Å². The fraction of sp³-hybridized carbons (Fsp3) is 0.579. The third kappa shape index (κ3) is 6.92. The lowest BCUT2D eigenvalue weighted by Crippen LogP contribution is -2.39. The summed E-state index contributed by atoms with van der Waals surface area (Å²) in [6, 6.07) is 5.91. The van der Waals surface area contributed by atoms with Crippen LogP contribution in [0, 0.1) is 16.7 Å². The Kier molecular flexibility index (Phi) is 9.23. The van der Waals surface area contributed by atoms with E-state index in [1.54, 1.807) is 12.4 Å². The molecule has 0 aliphatic carbocycles. The second kappa shape index (κ2) is 11.2. The number of aliphatic carboxylic acids is 2. The highest BCUT2D eigenvalue weighted by molar-refractivity contribution is 5.98. The van der Waals surface area contributed by atoms with Crippen LogP contribution in [0.2, 0.25) is 0 Å². The summed E-state index contributed by atoms with van der Waals surface area (Å²) in [5.41, 5.74) is -0.580. The van der Waals surface area contributed by atoms with E-state index in [4.69, 9.17) is 5.26 Å². The van der Waals surface area contributed by atoms with Crippen molar-refractivity contribution in [1.29, 1.82) is 5.26 Å². The maximum atomic E-state index is 11.6. The van der Waals surface area contributed by atoms with Gasteiger partial charge in [-0.1, -0.05) is 31.7 Å². The zero-order chi connectivity index (χ0) is 18.5. The van der Waals surface area contributed by atoms with Crippen LogP contribution in [0.5, 0.6) is 0 Å². The van der Waals surface area contributed by atoms with Crippen molar-refractivity contribution < 1.29 is 19.8 Å². The van der Waals surface area contributed by atoms with Gasteiger partial charge in [-0.05, 0) is 43.7 Å². The number of carbonyl (C=O) groups is 2. The quantitative estimate of drug-likeness (QED) is 0.415. The Balaban J connectivity index is 2.45. The van der Waals surface area contributed by atoms with Gasteiger partial charge in [0, 0.05) is 18.8 Å². The second-order valence-electron chi connectivity index (χ2n) is 6.33. The molecule has 6 nitrogen and oxygen atoms in total. The van der Waals surface area contributed by atoms with Crippen LogP contribution in [0.1, 0.15) is 63.4 Å². The van der Waals surface area contributed by atoms with E-state index in [-0.39, 0.29) is 12.8 Å². The first-order valence-electron chi connectivity index (χ1n) is 8.75. The summed E-state index contributed by atoms with van der Waals surface area (Å²) in [5, 5.41) is 27.5. The molecule has 0 radical (unpaired) electrons. The molecule has 0 aliphatic rings. The maximum Gasteiger partial charge on any atom is 0.321 e. The number of aromatic nitrogens is 1. The highest BCUT2D eigenvalue weighted by Crippen LogP contribution is 2.33. The van der Waals surface area contributed by atoms with Crippen molar-refractivity contribution in [2.24, 2.45) is 5.41 Å². The first kappa shape index (κ1) is 20.6. The lowest BCUT2D eigenvalue weighted by molar-refractivity contribution is -0.166. The molecule has 0 spiro atoms. The van der Waals surface area contributed by atoms with E-state index >= 15 is 0 Å². The number of hydrogen-bond acceptors (Lipinski definition) is 4. The molecule has 0 saturated heterocycles. The summed E-state index contributed by atoms with van der Waals surface area (Å²) in [5.74, 6) is -2.51. The topological polar surface area (TPSA) is 111 Å². The molecular formula is C19H26N2O4. The first-order chi connectivity index (χ1) is 12.0. The van der Waals surface area contributed by atoms with Crippen LogP contribution in [0.4, 0.5) is 0 Å². The second-order valence-corrected chi connectivity index (χ2v) is 6.33. The molecule has 0 fully saturated rings. The van der Waals surface area contributed by atoms with Crippen molar-refractivity contribution in [3.63, 3.8) is 0 Å². The number of aryl methyl sites for hydroxylation is 1. The summed E-state index contributed by atoms with van der Waals surface area (Å²) in [4.78, 5) is 27.3. The Morgan fingerprint density at radius 1 is 1.04 bits per heavy atom. The number of pyridine rings is 1. The van der Waals surface area contributed by atoms with Crippen LogP contribution in [0.15, 0.2) is 24.5 Å². The van der Waals surface area contributed by atoms with Gasteiger partial charge >= 0.3 is 11.9 Å². The summed E-state index contributed by atoms with van der Waals surface area (Å²) < 4.78 is 0. The highest BCUT2D eigenvalue weighted by Gasteiger charge is 2.45. The largest absolute Gasteiger partial charge is 0.480 e. The molecule has 0 saturated carbocycles. The monoisotopic (exact) mass is 346 g/mol. The molecule has 0 aromatic carbocycles. The van der Waals surface area contributed by atoms with Gasteiger partial charge in [0.05, 0.1) is 6.07 Å². The molecule has 0 bridgehead atoms. The number of unbranched alkanes of at least 4 members (excludes halogenated alkanes) is 5. The predicted octanol–water partition coefficient (Wildman–Crippen LogP) is 3.81. The van der Waals surface area contributed by atoms with E-state index in [0.29, 0.717) is 32.1 Å². The minimum atomic E-state index is -1.71. The molecule has 2 N–H and O–H groups in total. The SMILES string of the molecule is N#CCCCCCC(CCCCCc1cccnc1)(C(=O)O)C(=O)O. The van der Waals surface area contributed by atoms with Gasteiger partial charge in [0.15, 0.2) is 5.41 Å². The molecule has 0 atom stereocenters. The van der Waals surface area contributed by atoms with E-state index in [0.717, 1.165) is 24.8 Å². The fourth-order valence-electron chi connectivity index (χ4n) is 2.93. The Morgan fingerprint density at radius 2 is 1.68 bits per heavy atom. The van der Waals surface area contributed by atoms with Gasteiger partial charge in [0.25, 0.3) is 0 Å². The smallest absolute Gasteiger partial charge is 0.321 e. The van der Waals surface area contributed by atoms with Crippen LogP contribution in [-0.2, 0) is 16.0 Å². The lowest BCUT2D eigenvalue weighted by Gasteiger charge is -2.24. The Bertz CT molecular complexity index is 567. The highest BCUT2D eigenvalue weighted by atomic mass is 16.4. The standard InChI is InChI=1S/C19H26N2O4/c20-13-7-2-1-5-11-19(17(22)23,18(24)25)12-6-3-4-9-16-10-8-14-21-15-16/h8,10,14-15H,1-7,9,11-12H2,(H,22,23)(H,24,25). The number of nitriles is 1. The zero-order valence-electron chi connectivity index (χ0n) is 14.5. The van der Waals surface area contributed by atoms with Crippen LogP contribution >= 0.6 is 0 Å². The Morgan fingerprint density at radius 3 is 2.20 bits per heavy atom. The van der Waals surface area contributed by atoms with Gasteiger partial charge in [-0.15, -0.1) is 0 Å². The first-order valence-corrected chi connectivity index (χ1v) is 8.75. The zero-order valence-corrected chi connectivity index (χ0v) is 14.5. The number of carboxylic acid groups (broad SMARTS) is 2. The predicted molar refractivity (Wildman–Crippen MR) is 92.8 cm³/mol. The van der Waals surface area contributed by atoms with Crippen molar-refractivity contribution >= 4 is 11.9 Å². The van der Waals surface area contributed by atoms with Crippen LogP contribution < -0.4 is 0 Å². The fourth-order valence-corrected chi connectivity index (χ4v) is 2.93.